The van der Waals surface area contributed by atoms with Crippen LogP contribution < -0.4 is 5.32 Å². The zero-order valence-corrected chi connectivity index (χ0v) is 11.9. The second-order valence-electron chi connectivity index (χ2n) is 6.62. The van der Waals surface area contributed by atoms with Crippen LogP contribution in [0, 0.1) is 11.3 Å². The molecule has 20 heavy (non-hydrogen) atoms. The van der Waals surface area contributed by atoms with E-state index in [1.807, 2.05) is 0 Å². The lowest BCUT2D eigenvalue weighted by atomic mass is 9.65. The minimum atomic E-state index is -2.50. The number of hydrogen-bond acceptors (Lipinski definition) is 3. The summed E-state index contributed by atoms with van der Waals surface area (Å²) < 4.78 is 31.4. The van der Waals surface area contributed by atoms with Gasteiger partial charge in [0, 0.05) is 37.4 Å². The number of piperidine rings is 1. The van der Waals surface area contributed by atoms with E-state index in [9.17, 15) is 18.4 Å². The molecule has 1 N–H and O–H groups in total. The van der Waals surface area contributed by atoms with Crippen molar-refractivity contribution in [3.63, 3.8) is 0 Å². The number of amides is 2. The summed E-state index contributed by atoms with van der Waals surface area (Å²) in [5.41, 5.74) is -1.42. The summed E-state index contributed by atoms with van der Waals surface area (Å²) in [6.07, 6.45) is -2.97. The molecular formula is C13H20F2N2O3. The first-order valence-electron chi connectivity index (χ1n) is 6.66. The van der Waals surface area contributed by atoms with Crippen molar-refractivity contribution in [3.8, 4) is 0 Å². The normalized spacial score (nSPS) is 25.4. The number of alkyl halides is 2. The molecule has 0 aromatic rings. The Bertz CT molecular complexity index is 414. The molecule has 2 aliphatic rings. The van der Waals surface area contributed by atoms with Crippen LogP contribution in [0.1, 0.15) is 27.2 Å². The maximum atomic E-state index is 13.1. The van der Waals surface area contributed by atoms with E-state index in [-0.39, 0.29) is 32.0 Å². The fourth-order valence-electron chi connectivity index (χ4n) is 2.83. The molecule has 1 atom stereocenters. The predicted octanol–water partition coefficient (Wildman–Crippen LogP) is 1.62. The highest BCUT2D eigenvalue weighted by Gasteiger charge is 2.56. The lowest BCUT2D eigenvalue weighted by Gasteiger charge is -2.55. The second-order valence-corrected chi connectivity index (χ2v) is 6.62. The van der Waals surface area contributed by atoms with E-state index < -0.39 is 29.5 Å². The van der Waals surface area contributed by atoms with Crippen LogP contribution in [0.5, 0.6) is 0 Å². The van der Waals surface area contributed by atoms with Gasteiger partial charge in [-0.15, -0.1) is 0 Å². The number of likely N-dealkylation sites (tertiary alicyclic amines) is 1. The van der Waals surface area contributed by atoms with Gasteiger partial charge in [0.2, 0.25) is 12.3 Å². The van der Waals surface area contributed by atoms with Gasteiger partial charge in [0.1, 0.15) is 5.60 Å². The smallest absolute Gasteiger partial charge is 0.410 e. The summed E-state index contributed by atoms with van der Waals surface area (Å²) in [5, 5.41) is 2.47. The summed E-state index contributed by atoms with van der Waals surface area (Å²) >= 11 is 0. The van der Waals surface area contributed by atoms with Crippen molar-refractivity contribution in [2.75, 3.05) is 19.6 Å². The standard InChI is InChI=1S/C13H20F2N2O3/c1-12(2,3)20-11(19)17-6-13(7-17)4-9(18)16-5-8(13)10(14)15/h8,10H,4-7H2,1-3H3,(H,16,18). The Labute approximate surface area is 116 Å². The van der Waals surface area contributed by atoms with Crippen molar-refractivity contribution >= 4 is 12.0 Å². The molecule has 2 fully saturated rings. The van der Waals surface area contributed by atoms with Crippen molar-refractivity contribution in [1.29, 1.82) is 0 Å². The van der Waals surface area contributed by atoms with Crippen LogP contribution in [0.2, 0.25) is 0 Å². The van der Waals surface area contributed by atoms with Gasteiger partial charge in [-0.1, -0.05) is 0 Å². The molecule has 0 aromatic carbocycles. The van der Waals surface area contributed by atoms with Crippen LogP contribution in [-0.4, -0.2) is 48.6 Å². The predicted molar refractivity (Wildman–Crippen MR) is 67.4 cm³/mol. The topological polar surface area (TPSA) is 58.6 Å². The number of nitrogens with one attached hydrogen (secondary N) is 1. The average Bonchev–Trinajstić information content (AvgIpc) is 2.22. The van der Waals surface area contributed by atoms with Crippen molar-refractivity contribution in [2.45, 2.75) is 39.2 Å². The van der Waals surface area contributed by atoms with E-state index in [2.05, 4.69) is 5.32 Å². The van der Waals surface area contributed by atoms with Gasteiger partial charge in [0.25, 0.3) is 0 Å². The fourth-order valence-corrected chi connectivity index (χ4v) is 2.83. The van der Waals surface area contributed by atoms with Crippen molar-refractivity contribution in [1.82, 2.24) is 10.2 Å². The molecule has 2 heterocycles. The summed E-state index contributed by atoms with van der Waals surface area (Å²) in [6, 6.07) is 0. The first kappa shape index (κ1) is 15.0. The van der Waals surface area contributed by atoms with Gasteiger partial charge in [-0.25, -0.2) is 13.6 Å². The molecule has 2 rings (SSSR count). The summed E-state index contributed by atoms with van der Waals surface area (Å²) in [6.45, 7) is 5.52. The molecule has 0 bridgehead atoms. The first-order chi connectivity index (χ1) is 9.13. The Morgan fingerprint density at radius 2 is 2.05 bits per heavy atom. The quantitative estimate of drug-likeness (QED) is 0.798. The molecule has 2 aliphatic heterocycles. The third-order valence-corrected chi connectivity index (χ3v) is 3.79. The Morgan fingerprint density at radius 1 is 1.45 bits per heavy atom. The maximum Gasteiger partial charge on any atom is 0.410 e. The molecule has 2 saturated heterocycles. The summed E-state index contributed by atoms with van der Waals surface area (Å²) in [7, 11) is 0. The third-order valence-electron chi connectivity index (χ3n) is 3.79. The highest BCUT2D eigenvalue weighted by atomic mass is 19.3. The van der Waals surface area contributed by atoms with E-state index in [0.29, 0.717) is 0 Å². The van der Waals surface area contributed by atoms with Gasteiger partial charge in [0.05, 0.1) is 0 Å². The highest BCUT2D eigenvalue weighted by molar-refractivity contribution is 5.79. The van der Waals surface area contributed by atoms with Crippen LogP contribution in [0.4, 0.5) is 13.6 Å². The van der Waals surface area contributed by atoms with E-state index in [1.54, 1.807) is 20.8 Å². The average molecular weight is 290 g/mol. The van der Waals surface area contributed by atoms with Crippen LogP contribution in [0.25, 0.3) is 0 Å². The van der Waals surface area contributed by atoms with Crippen LogP contribution in [0.3, 0.4) is 0 Å². The SMILES string of the molecule is CC(C)(C)OC(=O)N1CC2(CC(=O)NCC2C(F)F)C1. The van der Waals surface area contributed by atoms with E-state index in [1.165, 1.54) is 4.90 Å². The van der Waals surface area contributed by atoms with E-state index >= 15 is 0 Å². The number of carbonyl (C=O) groups excluding carboxylic acids is 2. The molecular weight excluding hydrogens is 270 g/mol. The highest BCUT2D eigenvalue weighted by Crippen LogP contribution is 2.45. The third kappa shape index (κ3) is 2.86. The first-order valence-corrected chi connectivity index (χ1v) is 6.66. The molecule has 0 saturated carbocycles. The van der Waals surface area contributed by atoms with Gasteiger partial charge < -0.3 is 15.0 Å². The lowest BCUT2D eigenvalue weighted by molar-refractivity contribution is -0.147. The van der Waals surface area contributed by atoms with Crippen LogP contribution in [-0.2, 0) is 9.53 Å². The Hall–Kier alpha value is -1.40. The van der Waals surface area contributed by atoms with Crippen molar-refractivity contribution < 1.29 is 23.1 Å². The monoisotopic (exact) mass is 290 g/mol. The van der Waals surface area contributed by atoms with Gasteiger partial charge in [-0.2, -0.15) is 0 Å². The van der Waals surface area contributed by atoms with Crippen molar-refractivity contribution in [2.24, 2.45) is 11.3 Å². The summed E-state index contributed by atoms with van der Waals surface area (Å²) in [5.74, 6) is -1.13. The van der Waals surface area contributed by atoms with Crippen LogP contribution in [0.15, 0.2) is 0 Å². The fraction of sp³-hybridized carbons (Fsp3) is 0.846. The largest absolute Gasteiger partial charge is 0.444 e. The molecule has 1 spiro atoms. The second kappa shape index (κ2) is 4.86. The molecule has 0 aliphatic carbocycles. The zero-order valence-electron chi connectivity index (χ0n) is 11.9. The Balaban J connectivity index is 2.01. The van der Waals surface area contributed by atoms with Crippen molar-refractivity contribution in [3.05, 3.63) is 0 Å². The molecule has 5 nitrogen and oxygen atoms in total. The van der Waals surface area contributed by atoms with Gasteiger partial charge >= 0.3 is 6.09 Å². The number of rotatable bonds is 1. The number of carbonyl (C=O) groups is 2. The number of nitrogens with zero attached hydrogens (tertiary/aromatic N) is 1. The summed E-state index contributed by atoms with van der Waals surface area (Å²) in [4.78, 5) is 24.7. The maximum absolute atomic E-state index is 13.1. The molecule has 7 heteroatoms. The minimum Gasteiger partial charge on any atom is -0.444 e. The molecule has 0 aromatic heterocycles. The number of hydrogen-bond donors (Lipinski definition) is 1. The van der Waals surface area contributed by atoms with E-state index in [0.717, 1.165) is 0 Å². The molecule has 0 radical (unpaired) electrons. The molecule has 114 valence electrons. The molecule has 1 unspecified atom stereocenters. The Kier molecular flexibility index (Phi) is 3.64. The lowest BCUT2D eigenvalue weighted by Crippen LogP contribution is -2.68. The van der Waals surface area contributed by atoms with Gasteiger partial charge in [-0.3, -0.25) is 4.79 Å². The number of halogens is 2. The Morgan fingerprint density at radius 3 is 2.55 bits per heavy atom. The van der Waals surface area contributed by atoms with Crippen LogP contribution >= 0.6 is 0 Å². The van der Waals surface area contributed by atoms with Gasteiger partial charge in [0.15, 0.2) is 0 Å². The molecule has 2 amide bonds. The van der Waals surface area contributed by atoms with E-state index in [4.69, 9.17) is 4.74 Å². The van der Waals surface area contributed by atoms with Gasteiger partial charge in [-0.05, 0) is 20.8 Å². The number of ether oxygens (including phenoxy) is 1. The zero-order chi connectivity index (χ0) is 15.1. The minimum absolute atomic E-state index is 0.0291.